The number of aromatic amines is 2. The maximum Gasteiger partial charge on any atom is 0.326 e. The summed E-state index contributed by atoms with van der Waals surface area (Å²) in [6.07, 6.45) is 2.74. The highest BCUT2D eigenvalue weighted by molar-refractivity contribution is 7.99. The van der Waals surface area contributed by atoms with Gasteiger partial charge in [0.1, 0.15) is 11.6 Å². The number of halogens is 3. The van der Waals surface area contributed by atoms with Crippen molar-refractivity contribution in [3.8, 4) is 11.1 Å². The Bertz CT molecular complexity index is 1260. The molecule has 0 saturated heterocycles. The number of H-pyrrole nitrogens is 2. The van der Waals surface area contributed by atoms with Crippen molar-refractivity contribution in [3.63, 3.8) is 0 Å². The summed E-state index contributed by atoms with van der Waals surface area (Å²) in [6, 6.07) is 3.49. The van der Waals surface area contributed by atoms with Gasteiger partial charge >= 0.3 is 5.69 Å². The normalized spacial score (nSPS) is 15.4. The lowest BCUT2D eigenvalue weighted by Crippen LogP contribution is -2.35. The molecule has 3 aromatic rings. The van der Waals surface area contributed by atoms with E-state index < -0.39 is 22.9 Å². The highest BCUT2D eigenvalue weighted by atomic mass is 35.5. The van der Waals surface area contributed by atoms with Crippen molar-refractivity contribution in [2.24, 2.45) is 5.41 Å². The van der Waals surface area contributed by atoms with Gasteiger partial charge in [0.05, 0.1) is 15.9 Å². The van der Waals surface area contributed by atoms with E-state index in [9.17, 15) is 23.5 Å². The number of nitrogens with one attached hydrogen (secondary N) is 2. The number of aliphatic hydroxyl groups excluding tert-OH is 1. The maximum absolute atomic E-state index is 14.8. The summed E-state index contributed by atoms with van der Waals surface area (Å²) in [6.45, 7) is 1.73. The van der Waals surface area contributed by atoms with Crippen LogP contribution in [0.25, 0.3) is 22.0 Å². The number of aliphatic hydroxyl groups is 1. The highest BCUT2D eigenvalue weighted by Crippen LogP contribution is 2.47. The molecule has 0 spiro atoms. The lowest BCUT2D eigenvalue weighted by Gasteiger charge is -2.40. The van der Waals surface area contributed by atoms with E-state index in [0.29, 0.717) is 21.8 Å². The lowest BCUT2D eigenvalue weighted by molar-refractivity contribution is 0.0685. The van der Waals surface area contributed by atoms with Crippen LogP contribution in [0.2, 0.25) is 5.02 Å². The average Bonchev–Trinajstić information content (AvgIpc) is 2.65. The fraction of sp³-hybridized carbons (Fsp3) is 0.333. The monoisotopic (exact) mass is 452 g/mol. The van der Waals surface area contributed by atoms with Crippen molar-refractivity contribution in [1.29, 1.82) is 0 Å². The van der Waals surface area contributed by atoms with E-state index >= 15 is 0 Å². The van der Waals surface area contributed by atoms with Gasteiger partial charge in [0.25, 0.3) is 5.56 Å². The SMILES string of the molecule is Cc1cc2c(=O)[nH]c(=O)[nH]c2c(SCC2(CO)CCC2)c1-c1cc(Cl)c(F)cc1F. The summed E-state index contributed by atoms with van der Waals surface area (Å²) in [5, 5.41) is 9.86. The minimum Gasteiger partial charge on any atom is -0.396 e. The molecule has 158 valence electrons. The molecule has 0 unspecified atom stereocenters. The first-order valence-corrected chi connectivity index (χ1v) is 10.8. The van der Waals surface area contributed by atoms with Gasteiger partial charge in [-0.2, -0.15) is 0 Å². The van der Waals surface area contributed by atoms with Gasteiger partial charge in [-0.05, 0) is 37.5 Å². The molecule has 1 fully saturated rings. The lowest BCUT2D eigenvalue weighted by atomic mass is 9.71. The van der Waals surface area contributed by atoms with Gasteiger partial charge in [-0.25, -0.2) is 13.6 Å². The molecule has 0 aliphatic heterocycles. The number of hydrogen-bond donors (Lipinski definition) is 3. The number of aromatic nitrogens is 2. The largest absolute Gasteiger partial charge is 0.396 e. The van der Waals surface area contributed by atoms with Crippen molar-refractivity contribution in [3.05, 3.63) is 61.3 Å². The van der Waals surface area contributed by atoms with Crippen LogP contribution in [0.15, 0.2) is 32.7 Å². The Morgan fingerprint density at radius 3 is 2.53 bits per heavy atom. The third-order valence-corrected chi connectivity index (χ3v) is 7.48. The summed E-state index contributed by atoms with van der Waals surface area (Å²) >= 11 is 7.26. The Morgan fingerprint density at radius 1 is 1.17 bits per heavy atom. The maximum atomic E-state index is 14.8. The van der Waals surface area contributed by atoms with Gasteiger partial charge in [-0.3, -0.25) is 9.78 Å². The first-order valence-electron chi connectivity index (χ1n) is 9.43. The molecule has 1 saturated carbocycles. The van der Waals surface area contributed by atoms with E-state index in [1.54, 1.807) is 13.0 Å². The molecule has 9 heteroatoms. The molecule has 0 radical (unpaired) electrons. The van der Waals surface area contributed by atoms with E-state index in [0.717, 1.165) is 25.3 Å². The zero-order chi connectivity index (χ0) is 21.6. The molecule has 0 atom stereocenters. The second kappa shape index (κ2) is 7.83. The van der Waals surface area contributed by atoms with Crippen molar-refractivity contribution < 1.29 is 13.9 Å². The summed E-state index contributed by atoms with van der Waals surface area (Å²) in [5.41, 5.74) is -0.113. The third kappa shape index (κ3) is 3.57. The van der Waals surface area contributed by atoms with E-state index in [-0.39, 0.29) is 33.5 Å². The Kier molecular flexibility index (Phi) is 5.50. The molecular formula is C21H19ClF2N2O3S. The first-order chi connectivity index (χ1) is 14.2. The molecule has 4 rings (SSSR count). The Balaban J connectivity index is 1.99. The number of thioether (sulfide) groups is 1. The van der Waals surface area contributed by atoms with Gasteiger partial charge in [0.15, 0.2) is 0 Å². The van der Waals surface area contributed by atoms with Crippen molar-refractivity contribution in [2.75, 3.05) is 12.4 Å². The molecule has 0 amide bonds. The van der Waals surface area contributed by atoms with Crippen LogP contribution in [-0.4, -0.2) is 27.4 Å². The molecule has 1 heterocycles. The molecule has 1 aromatic heterocycles. The molecule has 5 nitrogen and oxygen atoms in total. The van der Waals surface area contributed by atoms with Gasteiger partial charge in [-0.1, -0.05) is 18.0 Å². The van der Waals surface area contributed by atoms with Crippen LogP contribution in [0.5, 0.6) is 0 Å². The van der Waals surface area contributed by atoms with Crippen molar-refractivity contribution in [1.82, 2.24) is 9.97 Å². The van der Waals surface area contributed by atoms with Crippen molar-refractivity contribution in [2.45, 2.75) is 31.1 Å². The van der Waals surface area contributed by atoms with Gasteiger partial charge in [0.2, 0.25) is 0 Å². The van der Waals surface area contributed by atoms with Crippen LogP contribution < -0.4 is 11.2 Å². The van der Waals surface area contributed by atoms with Crippen LogP contribution in [0, 0.1) is 24.0 Å². The summed E-state index contributed by atoms with van der Waals surface area (Å²) < 4.78 is 28.5. The third-order valence-electron chi connectivity index (χ3n) is 5.74. The smallest absolute Gasteiger partial charge is 0.326 e. The van der Waals surface area contributed by atoms with Crippen LogP contribution in [0.4, 0.5) is 8.78 Å². The number of fused-ring (bicyclic) bond motifs is 1. The minimum absolute atomic E-state index is 0.0208. The Morgan fingerprint density at radius 2 is 1.90 bits per heavy atom. The predicted octanol–water partition coefficient (Wildman–Crippen LogP) is 4.38. The summed E-state index contributed by atoms with van der Waals surface area (Å²) in [5.74, 6) is -1.14. The first kappa shape index (κ1) is 21.1. The van der Waals surface area contributed by atoms with Crippen LogP contribution >= 0.6 is 23.4 Å². The minimum atomic E-state index is -0.871. The molecule has 1 aliphatic carbocycles. The topological polar surface area (TPSA) is 86.0 Å². The highest BCUT2D eigenvalue weighted by Gasteiger charge is 2.37. The van der Waals surface area contributed by atoms with Gasteiger partial charge < -0.3 is 10.1 Å². The zero-order valence-electron chi connectivity index (χ0n) is 16.1. The molecule has 2 aromatic carbocycles. The van der Waals surface area contributed by atoms with E-state index in [2.05, 4.69) is 9.97 Å². The Hall–Kier alpha value is -2.16. The molecular weight excluding hydrogens is 434 g/mol. The number of rotatable bonds is 5. The molecule has 1 aliphatic rings. The predicted molar refractivity (Wildman–Crippen MR) is 114 cm³/mol. The fourth-order valence-electron chi connectivity index (χ4n) is 3.85. The number of hydrogen-bond acceptors (Lipinski definition) is 4. The van der Waals surface area contributed by atoms with Crippen LogP contribution in [0.1, 0.15) is 24.8 Å². The Labute approximate surface area is 179 Å². The van der Waals surface area contributed by atoms with Crippen molar-refractivity contribution >= 4 is 34.3 Å². The summed E-state index contributed by atoms with van der Waals surface area (Å²) in [4.78, 5) is 29.7. The van der Waals surface area contributed by atoms with E-state index in [1.807, 2.05) is 0 Å². The van der Waals surface area contributed by atoms with E-state index in [1.165, 1.54) is 17.8 Å². The number of benzene rings is 2. The second-order valence-electron chi connectivity index (χ2n) is 7.77. The van der Waals surface area contributed by atoms with Gasteiger partial charge in [0, 0.05) is 39.9 Å². The molecule has 3 N–H and O–H groups in total. The number of aryl methyl sites for hydroxylation is 1. The second-order valence-corrected chi connectivity index (χ2v) is 9.17. The zero-order valence-corrected chi connectivity index (χ0v) is 17.6. The van der Waals surface area contributed by atoms with Gasteiger partial charge in [-0.15, -0.1) is 11.8 Å². The fourth-order valence-corrected chi connectivity index (χ4v) is 5.56. The average molecular weight is 453 g/mol. The molecule has 0 bridgehead atoms. The van der Waals surface area contributed by atoms with E-state index in [4.69, 9.17) is 11.6 Å². The quantitative estimate of drug-likeness (QED) is 0.396. The summed E-state index contributed by atoms with van der Waals surface area (Å²) in [7, 11) is 0. The molecule has 30 heavy (non-hydrogen) atoms. The van der Waals surface area contributed by atoms with Crippen LogP contribution in [-0.2, 0) is 0 Å². The standard InChI is InChI=1S/C21H19ClF2N2O3S/c1-10-5-12-17(25-20(29)26-19(12)28)18(30-9-21(8-27)3-2-4-21)16(10)11-6-13(22)15(24)7-14(11)23/h5-7,27H,2-4,8-9H2,1H3,(H2,25,26,28,29). The van der Waals surface area contributed by atoms with Crippen LogP contribution in [0.3, 0.4) is 0 Å².